The Hall–Kier alpha value is -1.82. The number of carbonyl (C=O) groups is 2. The van der Waals surface area contributed by atoms with Gasteiger partial charge in [0.1, 0.15) is 6.26 Å². The van der Waals surface area contributed by atoms with Gasteiger partial charge in [0.2, 0.25) is 0 Å². The molecule has 1 atom stereocenters. The number of ether oxygens (including phenoxy) is 1. The number of hydrogen-bond donors (Lipinski definition) is 2. The van der Waals surface area contributed by atoms with Gasteiger partial charge in [0.25, 0.3) is 5.91 Å². The molecule has 6 heteroatoms. The molecule has 2 heterocycles. The summed E-state index contributed by atoms with van der Waals surface area (Å²) in [6.07, 6.45) is 2.94. The first-order chi connectivity index (χ1) is 8.66. The number of carboxylic acids is 1. The Morgan fingerprint density at radius 3 is 2.94 bits per heavy atom. The van der Waals surface area contributed by atoms with Crippen molar-refractivity contribution in [3.63, 3.8) is 0 Å². The standard InChI is InChI=1S/C12H15NO5/c14-11(10-5-9(7-18-10)12(15)16)13-3-1-8-2-4-17-6-8/h5,7-8H,1-4,6H2,(H,13,14)(H,15,16). The Kier molecular flexibility index (Phi) is 3.99. The Labute approximate surface area is 104 Å². The zero-order chi connectivity index (χ0) is 13.0. The molecule has 18 heavy (non-hydrogen) atoms. The van der Waals surface area contributed by atoms with E-state index in [2.05, 4.69) is 5.32 Å². The molecule has 98 valence electrons. The van der Waals surface area contributed by atoms with E-state index in [1.165, 1.54) is 6.07 Å². The van der Waals surface area contributed by atoms with Gasteiger partial charge >= 0.3 is 5.97 Å². The summed E-state index contributed by atoms with van der Waals surface area (Å²) in [4.78, 5) is 22.2. The molecule has 1 fully saturated rings. The van der Waals surface area contributed by atoms with Gasteiger partial charge in [-0.05, 0) is 18.8 Å². The number of nitrogens with one attached hydrogen (secondary N) is 1. The number of amides is 1. The Bertz CT molecular complexity index is 433. The fourth-order valence-electron chi connectivity index (χ4n) is 1.86. The summed E-state index contributed by atoms with van der Waals surface area (Å²) >= 11 is 0. The molecule has 1 aliphatic heterocycles. The maximum atomic E-state index is 11.6. The molecule has 1 aromatic rings. The summed E-state index contributed by atoms with van der Waals surface area (Å²) in [7, 11) is 0. The van der Waals surface area contributed by atoms with E-state index in [4.69, 9.17) is 14.3 Å². The van der Waals surface area contributed by atoms with Crippen molar-refractivity contribution in [3.05, 3.63) is 23.7 Å². The number of aromatic carboxylic acids is 1. The largest absolute Gasteiger partial charge is 0.478 e. The minimum Gasteiger partial charge on any atom is -0.478 e. The topological polar surface area (TPSA) is 88.8 Å². The van der Waals surface area contributed by atoms with E-state index in [9.17, 15) is 9.59 Å². The highest BCUT2D eigenvalue weighted by molar-refractivity contribution is 5.95. The van der Waals surface area contributed by atoms with Gasteiger partial charge in [-0.15, -0.1) is 0 Å². The molecule has 0 spiro atoms. The van der Waals surface area contributed by atoms with Gasteiger partial charge in [0.15, 0.2) is 5.76 Å². The van der Waals surface area contributed by atoms with Crippen LogP contribution in [0.25, 0.3) is 0 Å². The van der Waals surface area contributed by atoms with Crippen molar-refractivity contribution >= 4 is 11.9 Å². The fourth-order valence-corrected chi connectivity index (χ4v) is 1.86. The summed E-state index contributed by atoms with van der Waals surface area (Å²) in [6.45, 7) is 2.08. The third-order valence-electron chi connectivity index (χ3n) is 2.93. The van der Waals surface area contributed by atoms with Gasteiger partial charge in [-0.25, -0.2) is 4.79 Å². The molecule has 1 amide bonds. The van der Waals surface area contributed by atoms with E-state index in [1.807, 2.05) is 0 Å². The van der Waals surface area contributed by atoms with E-state index in [0.29, 0.717) is 12.5 Å². The molecular weight excluding hydrogens is 238 g/mol. The molecule has 0 aliphatic carbocycles. The SMILES string of the molecule is O=C(O)c1coc(C(=O)NCCC2CCOC2)c1. The second-order valence-electron chi connectivity index (χ2n) is 4.28. The molecule has 1 unspecified atom stereocenters. The lowest BCUT2D eigenvalue weighted by Crippen LogP contribution is -2.25. The molecule has 0 aromatic carbocycles. The number of carbonyl (C=O) groups excluding carboxylic acids is 1. The third kappa shape index (κ3) is 3.10. The highest BCUT2D eigenvalue weighted by atomic mass is 16.5. The van der Waals surface area contributed by atoms with Crippen molar-refractivity contribution in [1.82, 2.24) is 5.32 Å². The molecule has 6 nitrogen and oxygen atoms in total. The van der Waals surface area contributed by atoms with Crippen molar-refractivity contribution in [2.24, 2.45) is 5.92 Å². The number of furan rings is 1. The minimum atomic E-state index is -1.11. The van der Waals surface area contributed by atoms with Gasteiger partial charge in [-0.2, -0.15) is 0 Å². The normalized spacial score (nSPS) is 18.8. The van der Waals surface area contributed by atoms with E-state index in [-0.39, 0.29) is 17.2 Å². The molecule has 1 aromatic heterocycles. The Morgan fingerprint density at radius 1 is 1.50 bits per heavy atom. The van der Waals surface area contributed by atoms with Crippen LogP contribution in [0.1, 0.15) is 33.8 Å². The van der Waals surface area contributed by atoms with Crippen LogP contribution in [-0.4, -0.2) is 36.7 Å². The predicted molar refractivity (Wildman–Crippen MR) is 61.5 cm³/mol. The maximum absolute atomic E-state index is 11.6. The molecule has 0 bridgehead atoms. The van der Waals surface area contributed by atoms with Gasteiger partial charge < -0.3 is 19.6 Å². The second kappa shape index (κ2) is 5.68. The molecule has 2 rings (SSSR count). The highest BCUT2D eigenvalue weighted by Gasteiger charge is 2.17. The predicted octanol–water partition coefficient (Wildman–Crippen LogP) is 1.13. The van der Waals surface area contributed by atoms with Gasteiger partial charge in [-0.3, -0.25) is 4.79 Å². The second-order valence-corrected chi connectivity index (χ2v) is 4.28. The molecular formula is C12H15NO5. The first-order valence-electron chi connectivity index (χ1n) is 5.84. The van der Waals surface area contributed by atoms with Gasteiger partial charge in [0, 0.05) is 25.8 Å². The summed E-state index contributed by atoms with van der Waals surface area (Å²) < 4.78 is 10.1. The van der Waals surface area contributed by atoms with Crippen LogP contribution in [0.3, 0.4) is 0 Å². The minimum absolute atomic E-state index is 0.0232. The van der Waals surface area contributed by atoms with Crippen molar-refractivity contribution in [2.45, 2.75) is 12.8 Å². The quantitative estimate of drug-likeness (QED) is 0.821. The lowest BCUT2D eigenvalue weighted by Gasteiger charge is -2.07. The van der Waals surface area contributed by atoms with Crippen molar-refractivity contribution in [2.75, 3.05) is 19.8 Å². The highest BCUT2D eigenvalue weighted by Crippen LogP contribution is 2.15. The molecule has 2 N–H and O–H groups in total. The first-order valence-corrected chi connectivity index (χ1v) is 5.84. The van der Waals surface area contributed by atoms with Crippen molar-refractivity contribution in [1.29, 1.82) is 0 Å². The average Bonchev–Trinajstić information content (AvgIpc) is 2.99. The van der Waals surface area contributed by atoms with E-state index >= 15 is 0 Å². The van der Waals surface area contributed by atoms with Crippen LogP contribution >= 0.6 is 0 Å². The average molecular weight is 253 g/mol. The summed E-state index contributed by atoms with van der Waals surface area (Å²) in [5.41, 5.74) is -0.0238. The van der Waals surface area contributed by atoms with Gasteiger partial charge in [0.05, 0.1) is 5.56 Å². The Morgan fingerprint density at radius 2 is 2.33 bits per heavy atom. The van der Waals surface area contributed by atoms with Crippen LogP contribution in [0.2, 0.25) is 0 Å². The first kappa shape index (κ1) is 12.6. The summed E-state index contributed by atoms with van der Waals surface area (Å²) in [6, 6.07) is 1.22. The van der Waals surface area contributed by atoms with E-state index < -0.39 is 5.97 Å². The van der Waals surface area contributed by atoms with Crippen LogP contribution in [0.5, 0.6) is 0 Å². The van der Waals surface area contributed by atoms with Crippen molar-refractivity contribution < 1.29 is 23.8 Å². The number of rotatable bonds is 5. The zero-order valence-corrected chi connectivity index (χ0v) is 9.85. The lowest BCUT2D eigenvalue weighted by molar-refractivity contribution is 0.0696. The van der Waals surface area contributed by atoms with E-state index in [1.54, 1.807) is 0 Å². The molecule has 0 radical (unpaired) electrons. The number of hydrogen-bond acceptors (Lipinski definition) is 4. The van der Waals surface area contributed by atoms with Crippen LogP contribution in [0.15, 0.2) is 16.7 Å². The maximum Gasteiger partial charge on any atom is 0.338 e. The van der Waals surface area contributed by atoms with Crippen LogP contribution < -0.4 is 5.32 Å². The molecule has 0 saturated carbocycles. The summed E-state index contributed by atoms with van der Waals surface area (Å²) in [5, 5.41) is 11.4. The van der Waals surface area contributed by atoms with Crippen LogP contribution in [0.4, 0.5) is 0 Å². The van der Waals surface area contributed by atoms with Crippen LogP contribution in [0, 0.1) is 5.92 Å². The van der Waals surface area contributed by atoms with Crippen molar-refractivity contribution in [3.8, 4) is 0 Å². The van der Waals surface area contributed by atoms with Crippen LogP contribution in [-0.2, 0) is 4.74 Å². The Balaban J connectivity index is 1.77. The van der Waals surface area contributed by atoms with Gasteiger partial charge in [-0.1, -0.05) is 0 Å². The lowest BCUT2D eigenvalue weighted by atomic mass is 10.1. The third-order valence-corrected chi connectivity index (χ3v) is 2.93. The zero-order valence-electron chi connectivity index (χ0n) is 9.85. The molecule has 1 saturated heterocycles. The summed E-state index contributed by atoms with van der Waals surface area (Å²) in [5.74, 6) is -0.978. The number of carboxylic acid groups (broad SMARTS) is 1. The van der Waals surface area contributed by atoms with E-state index in [0.717, 1.165) is 32.3 Å². The molecule has 1 aliphatic rings. The smallest absolute Gasteiger partial charge is 0.338 e. The fraction of sp³-hybridized carbons (Fsp3) is 0.500. The monoisotopic (exact) mass is 253 g/mol.